The lowest BCUT2D eigenvalue weighted by atomic mass is 9.94. The van der Waals surface area contributed by atoms with Crippen LogP contribution in [-0.2, 0) is 4.74 Å². The molecule has 2 rings (SSSR count). The number of fused-ring (bicyclic) bond motifs is 1. The Morgan fingerprint density at radius 2 is 2.08 bits per heavy atom. The van der Waals surface area contributed by atoms with Crippen LogP contribution in [0.2, 0.25) is 0 Å². The Balaban J connectivity index is 2.38. The lowest BCUT2D eigenvalue weighted by molar-refractivity contribution is 0.151. The number of hydrogen-bond donors (Lipinski definition) is 1. The van der Waals surface area contributed by atoms with E-state index in [0.717, 1.165) is 17.8 Å². The fraction of sp³-hybridized carbons (Fsp3) is 0.444. The molecule has 129 valence electrons. The van der Waals surface area contributed by atoms with Crippen LogP contribution in [0.5, 0.6) is 0 Å². The van der Waals surface area contributed by atoms with Crippen molar-refractivity contribution in [3.8, 4) is 0 Å². The van der Waals surface area contributed by atoms with E-state index in [2.05, 4.69) is 33.2 Å². The highest BCUT2D eigenvalue weighted by molar-refractivity contribution is 6.51. The molecule has 1 radical (unpaired) electrons. The van der Waals surface area contributed by atoms with Crippen molar-refractivity contribution in [2.45, 2.75) is 25.4 Å². The van der Waals surface area contributed by atoms with Crippen molar-refractivity contribution in [2.75, 3.05) is 37.4 Å². The third kappa shape index (κ3) is 3.70. The Bertz CT molecular complexity index is 593. The molecular formula is C18H27BN3O2. The highest BCUT2D eigenvalue weighted by Crippen LogP contribution is 2.37. The van der Waals surface area contributed by atoms with Gasteiger partial charge >= 0.3 is 7.55 Å². The number of benzene rings is 1. The molecule has 0 spiro atoms. The van der Waals surface area contributed by atoms with Crippen LogP contribution in [0.4, 0.5) is 11.4 Å². The van der Waals surface area contributed by atoms with Crippen LogP contribution in [-0.4, -0.2) is 57.5 Å². The van der Waals surface area contributed by atoms with Gasteiger partial charge in [0.25, 0.3) is 0 Å². The summed E-state index contributed by atoms with van der Waals surface area (Å²) in [5, 5.41) is 10.4. The highest BCUT2D eigenvalue weighted by Gasteiger charge is 2.38. The molecule has 1 aliphatic heterocycles. The summed E-state index contributed by atoms with van der Waals surface area (Å²) < 4.78 is 5.28. The molecule has 0 bridgehead atoms. The molecule has 0 aromatic heterocycles. The quantitative estimate of drug-likeness (QED) is 0.587. The van der Waals surface area contributed by atoms with Crippen LogP contribution in [0.1, 0.15) is 13.3 Å². The van der Waals surface area contributed by atoms with Gasteiger partial charge in [-0.2, -0.15) is 0 Å². The van der Waals surface area contributed by atoms with Gasteiger partial charge in [-0.1, -0.05) is 24.8 Å². The van der Waals surface area contributed by atoms with Crippen molar-refractivity contribution in [2.24, 2.45) is 0 Å². The van der Waals surface area contributed by atoms with E-state index in [4.69, 9.17) is 4.74 Å². The van der Waals surface area contributed by atoms with E-state index in [1.165, 1.54) is 0 Å². The zero-order valence-corrected chi connectivity index (χ0v) is 15.0. The first-order valence-corrected chi connectivity index (χ1v) is 8.18. The second-order valence-electron chi connectivity index (χ2n) is 6.06. The largest absolute Gasteiger partial charge is 0.511 e. The monoisotopic (exact) mass is 328 g/mol. The molecule has 1 aromatic rings. The lowest BCUT2D eigenvalue weighted by Gasteiger charge is -2.39. The predicted molar refractivity (Wildman–Crippen MR) is 101 cm³/mol. The summed E-state index contributed by atoms with van der Waals surface area (Å²) in [6.07, 6.45) is 4.78. The fourth-order valence-corrected chi connectivity index (χ4v) is 3.25. The van der Waals surface area contributed by atoms with E-state index in [0.29, 0.717) is 6.61 Å². The number of allylic oxidation sites excluding steroid dienone is 1. The van der Waals surface area contributed by atoms with Gasteiger partial charge in [-0.15, -0.1) is 0 Å². The van der Waals surface area contributed by atoms with Gasteiger partial charge in [0.05, 0.1) is 12.1 Å². The van der Waals surface area contributed by atoms with Crippen LogP contribution >= 0.6 is 0 Å². The maximum atomic E-state index is 10.4. The molecule has 1 N–H and O–H groups in total. The van der Waals surface area contributed by atoms with Gasteiger partial charge in [0.1, 0.15) is 5.76 Å². The molecule has 0 fully saturated rings. The van der Waals surface area contributed by atoms with E-state index in [1.807, 2.05) is 53.0 Å². The maximum absolute atomic E-state index is 10.4. The molecule has 5 nitrogen and oxygen atoms in total. The predicted octanol–water partition coefficient (Wildman–Crippen LogP) is 2.79. The molecule has 1 aliphatic rings. The number of aliphatic hydroxyl groups excluding tert-OH is 1. The van der Waals surface area contributed by atoms with Crippen LogP contribution in [0.15, 0.2) is 48.9 Å². The summed E-state index contributed by atoms with van der Waals surface area (Å²) in [6.45, 7) is 6.45. The summed E-state index contributed by atoms with van der Waals surface area (Å²) in [7, 11) is 7.73. The Hall–Kier alpha value is -2.08. The molecule has 0 aliphatic carbocycles. The third-order valence-electron chi connectivity index (χ3n) is 4.37. The Morgan fingerprint density at radius 1 is 1.42 bits per heavy atom. The first kappa shape index (κ1) is 18.3. The van der Waals surface area contributed by atoms with E-state index in [1.54, 1.807) is 7.11 Å². The number of aliphatic hydroxyl groups is 1. The summed E-state index contributed by atoms with van der Waals surface area (Å²) in [5.41, 5.74) is 2.18. The molecule has 2 atom stereocenters. The van der Waals surface area contributed by atoms with Crippen molar-refractivity contribution in [1.29, 1.82) is 0 Å². The van der Waals surface area contributed by atoms with E-state index < -0.39 is 0 Å². The average Bonchev–Trinajstić information content (AvgIpc) is 2.88. The molecule has 24 heavy (non-hydrogen) atoms. The van der Waals surface area contributed by atoms with E-state index in [-0.39, 0.29) is 17.8 Å². The van der Waals surface area contributed by atoms with Crippen LogP contribution in [0.3, 0.4) is 0 Å². The van der Waals surface area contributed by atoms with E-state index >= 15 is 0 Å². The van der Waals surface area contributed by atoms with Crippen molar-refractivity contribution < 1.29 is 9.84 Å². The summed E-state index contributed by atoms with van der Waals surface area (Å²) in [5.74, 6) is 0.147. The summed E-state index contributed by atoms with van der Waals surface area (Å²) in [4.78, 5) is 6.27. The number of hydrogen-bond acceptors (Lipinski definition) is 5. The van der Waals surface area contributed by atoms with Gasteiger partial charge in [-0.05, 0) is 38.7 Å². The lowest BCUT2D eigenvalue weighted by Crippen LogP contribution is -2.53. The number of anilines is 2. The first-order valence-electron chi connectivity index (χ1n) is 8.18. The minimum absolute atomic E-state index is 0.0226. The maximum Gasteiger partial charge on any atom is 0.391 e. The second kappa shape index (κ2) is 8.15. The topological polar surface area (TPSA) is 39.2 Å². The molecule has 6 heteroatoms. The van der Waals surface area contributed by atoms with Gasteiger partial charge in [0, 0.05) is 32.1 Å². The molecule has 1 heterocycles. The van der Waals surface area contributed by atoms with Crippen molar-refractivity contribution >= 4 is 18.9 Å². The van der Waals surface area contributed by atoms with E-state index in [9.17, 15) is 5.11 Å². The fourth-order valence-electron chi connectivity index (χ4n) is 3.25. The Kier molecular flexibility index (Phi) is 6.20. The number of rotatable bonds is 8. The molecule has 2 unspecified atom stereocenters. The van der Waals surface area contributed by atoms with Crippen LogP contribution in [0, 0.1) is 0 Å². The molecule has 1 aromatic carbocycles. The first-order chi connectivity index (χ1) is 11.5. The second-order valence-corrected chi connectivity index (χ2v) is 6.06. The smallest absolute Gasteiger partial charge is 0.391 e. The average molecular weight is 328 g/mol. The highest BCUT2D eigenvalue weighted by atomic mass is 16.5. The van der Waals surface area contributed by atoms with Gasteiger partial charge in [0.15, 0.2) is 0 Å². The number of likely N-dealkylation sites (N-methyl/N-ethyl adjacent to an activating group) is 1. The van der Waals surface area contributed by atoms with Crippen LogP contribution < -0.4 is 9.62 Å². The van der Waals surface area contributed by atoms with Gasteiger partial charge in [0.2, 0.25) is 0 Å². The van der Waals surface area contributed by atoms with Gasteiger partial charge < -0.3 is 24.4 Å². The molecular weight excluding hydrogens is 301 g/mol. The number of ether oxygens (including phenoxy) is 1. The molecule has 0 amide bonds. The summed E-state index contributed by atoms with van der Waals surface area (Å²) in [6, 6.07) is 7.92. The summed E-state index contributed by atoms with van der Waals surface area (Å²) >= 11 is 0. The SMILES string of the molecule is C=C(O)C(C(CCOC)N(C)/C=C\C)N1[B]N(C)c2ccccc21. The number of methoxy groups -OCH3 is 1. The van der Waals surface area contributed by atoms with Crippen molar-refractivity contribution in [3.63, 3.8) is 0 Å². The van der Waals surface area contributed by atoms with Crippen molar-refractivity contribution in [3.05, 3.63) is 48.9 Å². The number of nitrogens with zero attached hydrogens (tertiary/aromatic N) is 3. The third-order valence-corrected chi connectivity index (χ3v) is 4.37. The minimum atomic E-state index is -0.271. The molecule has 0 saturated carbocycles. The minimum Gasteiger partial charge on any atom is -0.511 e. The molecule has 0 saturated heterocycles. The zero-order chi connectivity index (χ0) is 17.7. The standard InChI is InChI=1S/C18H27BN3O2/c1-6-12-20(3)17(11-13-24-5)18(14(2)23)22-16-10-8-7-9-15(16)21(4)19-22/h6-10,12,17-18,23H,2,11,13H2,1,3-5H3/b12-6-. The Labute approximate surface area is 146 Å². The van der Waals surface area contributed by atoms with Gasteiger partial charge in [-0.3, -0.25) is 0 Å². The van der Waals surface area contributed by atoms with Crippen molar-refractivity contribution in [1.82, 2.24) is 4.90 Å². The Morgan fingerprint density at radius 3 is 2.67 bits per heavy atom. The normalized spacial score (nSPS) is 16.0. The van der Waals surface area contributed by atoms with Gasteiger partial charge in [-0.25, -0.2) is 0 Å². The zero-order valence-electron chi connectivity index (χ0n) is 15.0. The van der Waals surface area contributed by atoms with Crippen LogP contribution in [0.25, 0.3) is 0 Å². The number of para-hydroxylation sites is 2.